The lowest BCUT2D eigenvalue weighted by Gasteiger charge is -2.26. The SMILES string of the molecule is O=C(CCCCCl)NCC1(O)CCCCCC1. The number of carbonyl (C=O) groups excluding carboxylic acids is 1. The minimum atomic E-state index is -0.668. The number of amides is 1. The second kappa shape index (κ2) is 7.93. The van der Waals surface area contributed by atoms with Crippen LogP contribution < -0.4 is 5.32 Å². The molecule has 3 nitrogen and oxygen atoms in total. The molecule has 0 spiro atoms. The Kier molecular flexibility index (Phi) is 6.90. The third kappa shape index (κ3) is 6.27. The van der Waals surface area contributed by atoms with Crippen molar-refractivity contribution in [3.63, 3.8) is 0 Å². The molecule has 4 heteroatoms. The van der Waals surface area contributed by atoms with Crippen LogP contribution in [0.2, 0.25) is 0 Å². The number of nitrogens with one attached hydrogen (secondary N) is 1. The molecule has 0 atom stereocenters. The van der Waals surface area contributed by atoms with Crippen LogP contribution in [-0.2, 0) is 4.79 Å². The van der Waals surface area contributed by atoms with E-state index in [1.165, 1.54) is 12.8 Å². The summed E-state index contributed by atoms with van der Waals surface area (Å²) < 4.78 is 0. The predicted octanol–water partition coefficient (Wildman–Crippen LogP) is 2.60. The van der Waals surface area contributed by atoms with Gasteiger partial charge in [-0.1, -0.05) is 25.7 Å². The van der Waals surface area contributed by atoms with E-state index in [1.807, 2.05) is 0 Å². The van der Waals surface area contributed by atoms with E-state index in [-0.39, 0.29) is 5.91 Å². The Morgan fingerprint density at radius 3 is 2.41 bits per heavy atom. The Morgan fingerprint density at radius 1 is 1.18 bits per heavy atom. The van der Waals surface area contributed by atoms with Crippen LogP contribution in [0.15, 0.2) is 0 Å². The predicted molar refractivity (Wildman–Crippen MR) is 70.2 cm³/mol. The summed E-state index contributed by atoms with van der Waals surface area (Å²) >= 11 is 5.55. The molecular weight excluding hydrogens is 238 g/mol. The molecule has 0 heterocycles. The summed E-state index contributed by atoms with van der Waals surface area (Å²) in [5, 5.41) is 13.2. The van der Waals surface area contributed by atoms with Gasteiger partial charge in [0.05, 0.1) is 5.60 Å². The molecular formula is C13H24ClNO2. The highest BCUT2D eigenvalue weighted by Gasteiger charge is 2.28. The maximum Gasteiger partial charge on any atom is 0.220 e. The van der Waals surface area contributed by atoms with E-state index in [9.17, 15) is 9.90 Å². The number of alkyl halides is 1. The van der Waals surface area contributed by atoms with E-state index >= 15 is 0 Å². The van der Waals surface area contributed by atoms with E-state index in [1.54, 1.807) is 0 Å². The van der Waals surface area contributed by atoms with Gasteiger partial charge in [0.25, 0.3) is 0 Å². The maximum absolute atomic E-state index is 11.5. The van der Waals surface area contributed by atoms with Gasteiger partial charge in [-0.2, -0.15) is 0 Å². The monoisotopic (exact) mass is 261 g/mol. The Labute approximate surface area is 109 Å². The fraction of sp³-hybridized carbons (Fsp3) is 0.923. The zero-order chi connectivity index (χ0) is 12.6. The first-order chi connectivity index (χ1) is 8.16. The summed E-state index contributed by atoms with van der Waals surface area (Å²) in [7, 11) is 0. The van der Waals surface area contributed by atoms with Gasteiger partial charge in [-0.25, -0.2) is 0 Å². The third-order valence-electron chi connectivity index (χ3n) is 3.44. The second-order valence-electron chi connectivity index (χ2n) is 5.06. The third-order valence-corrected chi connectivity index (χ3v) is 3.70. The molecule has 0 aromatic carbocycles. The maximum atomic E-state index is 11.5. The molecule has 0 aliphatic heterocycles. The number of aliphatic hydroxyl groups is 1. The van der Waals surface area contributed by atoms with E-state index in [4.69, 9.17) is 11.6 Å². The van der Waals surface area contributed by atoms with Gasteiger partial charge < -0.3 is 10.4 Å². The van der Waals surface area contributed by atoms with Crippen molar-refractivity contribution in [2.45, 2.75) is 63.4 Å². The van der Waals surface area contributed by atoms with Crippen molar-refractivity contribution in [3.05, 3.63) is 0 Å². The van der Waals surface area contributed by atoms with E-state index in [0.717, 1.165) is 38.5 Å². The van der Waals surface area contributed by atoms with Crippen molar-refractivity contribution in [1.29, 1.82) is 0 Å². The lowest BCUT2D eigenvalue weighted by Crippen LogP contribution is -2.42. The quantitative estimate of drug-likeness (QED) is 0.439. The first-order valence-electron chi connectivity index (χ1n) is 6.71. The average Bonchev–Trinajstić information content (AvgIpc) is 2.53. The van der Waals surface area contributed by atoms with Crippen molar-refractivity contribution in [2.24, 2.45) is 0 Å². The normalized spacial score (nSPS) is 19.6. The number of hydrogen-bond acceptors (Lipinski definition) is 2. The van der Waals surface area contributed by atoms with Gasteiger partial charge in [-0.05, 0) is 25.7 Å². The highest BCUT2D eigenvalue weighted by atomic mass is 35.5. The molecule has 0 radical (unpaired) electrons. The molecule has 0 aromatic heterocycles. The number of rotatable bonds is 6. The molecule has 0 unspecified atom stereocenters. The smallest absolute Gasteiger partial charge is 0.220 e. The summed E-state index contributed by atoms with van der Waals surface area (Å²) in [5.74, 6) is 0.643. The summed E-state index contributed by atoms with van der Waals surface area (Å²) in [6, 6.07) is 0. The standard InChI is InChI=1S/C13H24ClNO2/c14-10-6-3-7-12(16)15-11-13(17)8-4-1-2-5-9-13/h17H,1-11H2,(H,15,16). The largest absolute Gasteiger partial charge is 0.388 e. The fourth-order valence-corrected chi connectivity index (χ4v) is 2.48. The molecule has 1 rings (SSSR count). The molecule has 2 N–H and O–H groups in total. The molecule has 0 bridgehead atoms. The molecule has 1 fully saturated rings. The van der Waals surface area contributed by atoms with Crippen LogP contribution in [0.1, 0.15) is 57.8 Å². The Bertz CT molecular complexity index is 225. The van der Waals surface area contributed by atoms with Gasteiger partial charge in [0.15, 0.2) is 0 Å². The Balaban J connectivity index is 2.20. The summed E-state index contributed by atoms with van der Waals surface area (Å²) in [6.45, 7) is 0.409. The van der Waals surface area contributed by atoms with Crippen LogP contribution in [0.3, 0.4) is 0 Å². The van der Waals surface area contributed by atoms with Gasteiger partial charge in [-0.3, -0.25) is 4.79 Å². The highest BCUT2D eigenvalue weighted by molar-refractivity contribution is 6.17. The average molecular weight is 262 g/mol. The van der Waals surface area contributed by atoms with Gasteiger partial charge in [0.1, 0.15) is 0 Å². The molecule has 0 aromatic rings. The minimum absolute atomic E-state index is 0.0350. The van der Waals surface area contributed by atoms with Gasteiger partial charge in [0, 0.05) is 18.8 Å². The number of carbonyl (C=O) groups is 1. The topological polar surface area (TPSA) is 49.3 Å². The van der Waals surface area contributed by atoms with Crippen LogP contribution in [-0.4, -0.2) is 29.0 Å². The van der Waals surface area contributed by atoms with E-state index in [0.29, 0.717) is 18.8 Å². The molecule has 1 aliphatic carbocycles. The first-order valence-corrected chi connectivity index (χ1v) is 7.25. The highest BCUT2D eigenvalue weighted by Crippen LogP contribution is 2.26. The number of unbranched alkanes of at least 4 members (excludes halogenated alkanes) is 1. The van der Waals surface area contributed by atoms with Crippen molar-refractivity contribution >= 4 is 17.5 Å². The zero-order valence-electron chi connectivity index (χ0n) is 10.5. The molecule has 1 aliphatic rings. The summed E-state index contributed by atoms with van der Waals surface area (Å²) in [5.41, 5.74) is -0.668. The lowest BCUT2D eigenvalue weighted by molar-refractivity contribution is -0.122. The van der Waals surface area contributed by atoms with E-state index < -0.39 is 5.60 Å². The molecule has 0 saturated heterocycles. The first kappa shape index (κ1) is 14.8. The van der Waals surface area contributed by atoms with Crippen molar-refractivity contribution in [1.82, 2.24) is 5.32 Å². The van der Waals surface area contributed by atoms with Crippen molar-refractivity contribution < 1.29 is 9.90 Å². The van der Waals surface area contributed by atoms with Crippen LogP contribution in [0.25, 0.3) is 0 Å². The minimum Gasteiger partial charge on any atom is -0.388 e. The zero-order valence-corrected chi connectivity index (χ0v) is 11.3. The number of halogens is 1. The van der Waals surface area contributed by atoms with E-state index in [2.05, 4.69) is 5.32 Å². The lowest BCUT2D eigenvalue weighted by atomic mass is 9.94. The Morgan fingerprint density at radius 2 is 1.82 bits per heavy atom. The molecule has 1 saturated carbocycles. The Hall–Kier alpha value is -0.280. The van der Waals surface area contributed by atoms with Gasteiger partial charge >= 0.3 is 0 Å². The summed E-state index contributed by atoms with van der Waals surface area (Å²) in [4.78, 5) is 11.5. The van der Waals surface area contributed by atoms with Crippen LogP contribution in [0, 0.1) is 0 Å². The van der Waals surface area contributed by atoms with Crippen molar-refractivity contribution in [2.75, 3.05) is 12.4 Å². The van der Waals surface area contributed by atoms with Crippen LogP contribution in [0.4, 0.5) is 0 Å². The van der Waals surface area contributed by atoms with Crippen LogP contribution >= 0.6 is 11.6 Å². The fourth-order valence-electron chi connectivity index (χ4n) is 2.29. The van der Waals surface area contributed by atoms with Gasteiger partial charge in [0.2, 0.25) is 5.91 Å². The molecule has 1 amide bonds. The summed E-state index contributed by atoms with van der Waals surface area (Å²) in [6.07, 6.45) is 8.38. The molecule has 100 valence electrons. The van der Waals surface area contributed by atoms with Gasteiger partial charge in [-0.15, -0.1) is 11.6 Å². The second-order valence-corrected chi connectivity index (χ2v) is 5.44. The van der Waals surface area contributed by atoms with Crippen LogP contribution in [0.5, 0.6) is 0 Å². The number of hydrogen-bond donors (Lipinski definition) is 2. The van der Waals surface area contributed by atoms with Crippen molar-refractivity contribution in [3.8, 4) is 0 Å². The molecule has 17 heavy (non-hydrogen) atoms.